The lowest BCUT2D eigenvalue weighted by Gasteiger charge is -2.02. The number of hydrogen-bond acceptors (Lipinski definition) is 6. The molecule has 25 heavy (non-hydrogen) atoms. The monoisotopic (exact) mass is 418 g/mol. The van der Waals surface area contributed by atoms with E-state index in [2.05, 4.69) is 31.3 Å². The maximum Gasteiger partial charge on any atom is 0.293 e. The standard InChI is InChI=1S/C16H11BrN4O3S/c1-23-10-4-2-9(3-5-10)11-8-25-16-19-15(20-21(11)16)18-14(22)12-6-7-13(17)24-12/h2-8H,1H3,(H,18,20,22). The van der Waals surface area contributed by atoms with Crippen LogP contribution in [-0.4, -0.2) is 27.6 Å². The number of ether oxygens (including phenoxy) is 1. The molecule has 3 heterocycles. The van der Waals surface area contributed by atoms with Crippen molar-refractivity contribution in [1.29, 1.82) is 0 Å². The summed E-state index contributed by atoms with van der Waals surface area (Å²) in [4.78, 5) is 17.1. The number of carbonyl (C=O) groups is 1. The van der Waals surface area contributed by atoms with Gasteiger partial charge in [0.15, 0.2) is 10.4 Å². The number of hydrogen-bond donors (Lipinski definition) is 1. The van der Waals surface area contributed by atoms with Gasteiger partial charge in [0.25, 0.3) is 11.9 Å². The van der Waals surface area contributed by atoms with Crippen LogP contribution < -0.4 is 10.1 Å². The molecule has 0 bridgehead atoms. The van der Waals surface area contributed by atoms with E-state index in [9.17, 15) is 4.79 Å². The summed E-state index contributed by atoms with van der Waals surface area (Å²) in [6.07, 6.45) is 0. The van der Waals surface area contributed by atoms with Crippen molar-refractivity contribution >= 4 is 44.1 Å². The summed E-state index contributed by atoms with van der Waals surface area (Å²) < 4.78 is 12.6. The van der Waals surface area contributed by atoms with Crippen molar-refractivity contribution < 1.29 is 13.9 Å². The Morgan fingerprint density at radius 1 is 1.28 bits per heavy atom. The molecule has 9 heteroatoms. The van der Waals surface area contributed by atoms with E-state index in [0.29, 0.717) is 9.63 Å². The van der Waals surface area contributed by atoms with Gasteiger partial charge < -0.3 is 9.15 Å². The van der Waals surface area contributed by atoms with Crippen LogP contribution in [0.1, 0.15) is 10.6 Å². The molecule has 0 aliphatic rings. The number of amides is 1. The maximum atomic E-state index is 12.1. The predicted molar refractivity (Wildman–Crippen MR) is 97.2 cm³/mol. The highest BCUT2D eigenvalue weighted by molar-refractivity contribution is 9.10. The van der Waals surface area contributed by atoms with Crippen LogP contribution in [0.3, 0.4) is 0 Å². The lowest BCUT2D eigenvalue weighted by atomic mass is 10.2. The van der Waals surface area contributed by atoms with Gasteiger partial charge in [0.2, 0.25) is 4.96 Å². The zero-order chi connectivity index (χ0) is 17.4. The van der Waals surface area contributed by atoms with E-state index in [1.165, 1.54) is 11.3 Å². The Morgan fingerprint density at radius 2 is 2.08 bits per heavy atom. The molecule has 1 N–H and O–H groups in total. The summed E-state index contributed by atoms with van der Waals surface area (Å²) in [6, 6.07) is 10.9. The lowest BCUT2D eigenvalue weighted by molar-refractivity contribution is 0.0994. The second-order valence-corrected chi connectivity index (χ2v) is 6.66. The van der Waals surface area contributed by atoms with Gasteiger partial charge in [-0.25, -0.2) is 4.52 Å². The number of aromatic nitrogens is 3. The summed E-state index contributed by atoms with van der Waals surface area (Å²) in [6.45, 7) is 0. The molecule has 7 nitrogen and oxygen atoms in total. The van der Waals surface area contributed by atoms with Gasteiger partial charge in [-0.1, -0.05) is 0 Å². The van der Waals surface area contributed by atoms with E-state index in [0.717, 1.165) is 17.0 Å². The second-order valence-electron chi connectivity index (χ2n) is 5.04. The lowest BCUT2D eigenvalue weighted by Crippen LogP contribution is -2.12. The minimum atomic E-state index is -0.407. The summed E-state index contributed by atoms with van der Waals surface area (Å²) in [5, 5.41) is 8.96. The van der Waals surface area contributed by atoms with Gasteiger partial charge in [0.05, 0.1) is 12.8 Å². The summed E-state index contributed by atoms with van der Waals surface area (Å²) in [5.41, 5.74) is 1.86. The van der Waals surface area contributed by atoms with Crippen molar-refractivity contribution in [2.45, 2.75) is 0 Å². The fourth-order valence-electron chi connectivity index (χ4n) is 2.29. The molecule has 0 aliphatic carbocycles. The molecular formula is C16H11BrN4O3S. The van der Waals surface area contributed by atoms with E-state index in [1.807, 2.05) is 29.6 Å². The first-order chi connectivity index (χ1) is 12.1. The third-order valence-corrected chi connectivity index (χ3v) is 4.73. The Balaban J connectivity index is 1.62. The number of methoxy groups -OCH3 is 1. The van der Waals surface area contributed by atoms with Crippen LogP contribution in [0.25, 0.3) is 16.2 Å². The molecule has 0 fully saturated rings. The number of halogens is 1. The minimum absolute atomic E-state index is 0.181. The number of anilines is 1. The normalized spacial score (nSPS) is 11.0. The number of furan rings is 1. The first-order valence-corrected chi connectivity index (χ1v) is 8.86. The van der Waals surface area contributed by atoms with Crippen LogP contribution in [-0.2, 0) is 0 Å². The zero-order valence-corrected chi connectivity index (χ0v) is 15.3. The van der Waals surface area contributed by atoms with Crippen molar-refractivity contribution in [3.63, 3.8) is 0 Å². The molecule has 0 saturated heterocycles. The molecule has 126 valence electrons. The molecule has 0 unspecified atom stereocenters. The molecule has 4 aromatic rings. The number of fused-ring (bicyclic) bond motifs is 1. The first-order valence-electron chi connectivity index (χ1n) is 7.19. The first kappa shape index (κ1) is 15.9. The highest BCUT2D eigenvalue weighted by Gasteiger charge is 2.16. The minimum Gasteiger partial charge on any atom is -0.497 e. The van der Waals surface area contributed by atoms with Crippen LogP contribution in [0.2, 0.25) is 0 Å². The van der Waals surface area contributed by atoms with Crippen LogP contribution in [0.15, 0.2) is 50.9 Å². The third kappa shape index (κ3) is 3.03. The summed E-state index contributed by atoms with van der Waals surface area (Å²) in [5.74, 6) is 0.779. The van der Waals surface area contributed by atoms with Gasteiger partial charge >= 0.3 is 0 Å². The summed E-state index contributed by atoms with van der Waals surface area (Å²) >= 11 is 4.61. The smallest absolute Gasteiger partial charge is 0.293 e. The molecule has 0 radical (unpaired) electrons. The second kappa shape index (κ2) is 6.34. The third-order valence-electron chi connectivity index (χ3n) is 3.49. The molecule has 0 aliphatic heterocycles. The number of nitrogens with one attached hydrogen (secondary N) is 1. The highest BCUT2D eigenvalue weighted by Crippen LogP contribution is 2.27. The average Bonchev–Trinajstić information content (AvgIpc) is 3.30. The van der Waals surface area contributed by atoms with Crippen molar-refractivity contribution in [3.05, 3.63) is 52.2 Å². The maximum absolute atomic E-state index is 12.1. The quantitative estimate of drug-likeness (QED) is 0.539. The topological polar surface area (TPSA) is 81.7 Å². The molecule has 4 rings (SSSR count). The van der Waals surface area contributed by atoms with Gasteiger partial charge in [-0.2, -0.15) is 4.98 Å². The van der Waals surface area contributed by atoms with Crippen LogP contribution in [0.4, 0.5) is 5.95 Å². The number of thiazole rings is 1. The molecule has 0 spiro atoms. The van der Waals surface area contributed by atoms with E-state index < -0.39 is 5.91 Å². The SMILES string of the molecule is COc1ccc(-c2csc3nc(NC(=O)c4ccc(Br)o4)nn23)cc1. The Bertz CT molecular complexity index is 1050. The molecule has 0 saturated carbocycles. The highest BCUT2D eigenvalue weighted by atomic mass is 79.9. The van der Waals surface area contributed by atoms with Gasteiger partial charge in [0.1, 0.15) is 5.75 Å². The number of rotatable bonds is 4. The fourth-order valence-corrected chi connectivity index (χ4v) is 3.43. The zero-order valence-electron chi connectivity index (χ0n) is 12.9. The molecule has 1 amide bonds. The number of carbonyl (C=O) groups excluding carboxylic acids is 1. The fraction of sp³-hybridized carbons (Fsp3) is 0.0625. The number of nitrogens with zero attached hydrogens (tertiary/aromatic N) is 3. The Hall–Kier alpha value is -2.65. The van der Waals surface area contributed by atoms with Crippen molar-refractivity contribution in [3.8, 4) is 17.0 Å². The van der Waals surface area contributed by atoms with E-state index in [1.54, 1.807) is 23.8 Å². The Kier molecular flexibility index (Phi) is 4.02. The van der Waals surface area contributed by atoms with Crippen molar-refractivity contribution in [1.82, 2.24) is 14.6 Å². The number of benzene rings is 1. The van der Waals surface area contributed by atoms with E-state index >= 15 is 0 Å². The van der Waals surface area contributed by atoms with Crippen molar-refractivity contribution in [2.75, 3.05) is 12.4 Å². The van der Waals surface area contributed by atoms with Gasteiger partial charge in [0, 0.05) is 10.9 Å². The van der Waals surface area contributed by atoms with E-state index in [-0.39, 0.29) is 11.7 Å². The van der Waals surface area contributed by atoms with E-state index in [4.69, 9.17) is 9.15 Å². The average molecular weight is 419 g/mol. The molecule has 0 atom stereocenters. The Morgan fingerprint density at radius 3 is 2.76 bits per heavy atom. The van der Waals surface area contributed by atoms with Gasteiger partial charge in [-0.3, -0.25) is 10.1 Å². The summed E-state index contributed by atoms with van der Waals surface area (Å²) in [7, 11) is 1.63. The van der Waals surface area contributed by atoms with Gasteiger partial charge in [-0.15, -0.1) is 16.4 Å². The van der Waals surface area contributed by atoms with Crippen molar-refractivity contribution in [2.24, 2.45) is 0 Å². The van der Waals surface area contributed by atoms with Gasteiger partial charge in [-0.05, 0) is 52.3 Å². The van der Waals surface area contributed by atoms with Crippen LogP contribution >= 0.6 is 27.3 Å². The molecule has 3 aromatic heterocycles. The van der Waals surface area contributed by atoms with Crippen LogP contribution in [0, 0.1) is 0 Å². The van der Waals surface area contributed by atoms with Crippen LogP contribution in [0.5, 0.6) is 5.75 Å². The molecule has 1 aromatic carbocycles. The Labute approximate surface area is 154 Å². The molecular weight excluding hydrogens is 408 g/mol. The predicted octanol–water partition coefficient (Wildman–Crippen LogP) is 4.07. The largest absolute Gasteiger partial charge is 0.497 e.